The molecule has 3 aliphatic rings. The van der Waals surface area contributed by atoms with E-state index in [0.29, 0.717) is 30.5 Å². The molecule has 1 amide bonds. The molecule has 0 N–H and O–H groups in total. The van der Waals surface area contributed by atoms with E-state index in [1.54, 1.807) is 6.20 Å². The van der Waals surface area contributed by atoms with E-state index in [4.69, 9.17) is 5.26 Å². The van der Waals surface area contributed by atoms with E-state index < -0.39 is 0 Å². The lowest BCUT2D eigenvalue weighted by Crippen LogP contribution is -2.59. The van der Waals surface area contributed by atoms with Gasteiger partial charge < -0.3 is 9.80 Å². The molecule has 0 radical (unpaired) electrons. The molecule has 1 aromatic carbocycles. The van der Waals surface area contributed by atoms with Gasteiger partial charge in [-0.2, -0.15) is 5.26 Å². The summed E-state index contributed by atoms with van der Waals surface area (Å²) >= 11 is 0. The highest BCUT2D eigenvalue weighted by molar-refractivity contribution is 5.79. The van der Waals surface area contributed by atoms with Gasteiger partial charge in [0.15, 0.2) is 0 Å². The summed E-state index contributed by atoms with van der Waals surface area (Å²) < 4.78 is 13.1. The lowest BCUT2D eigenvalue weighted by Gasteiger charge is -2.44. The first kappa shape index (κ1) is 20.0. The fourth-order valence-electron chi connectivity index (χ4n) is 5.33. The number of hydrogen-bond donors (Lipinski definition) is 0. The maximum absolute atomic E-state index is 13.1. The average Bonchev–Trinajstić information content (AvgIpc) is 2.95. The lowest BCUT2D eigenvalue weighted by molar-refractivity contribution is -0.134. The number of anilines is 1. The molecule has 160 valence electrons. The number of likely N-dealkylation sites (tertiary alicyclic amines) is 2. The number of piperazine rings is 1. The normalized spacial score (nSPS) is 25.9. The zero-order chi connectivity index (χ0) is 21.5. The Morgan fingerprint density at radius 2 is 1.94 bits per heavy atom. The number of benzene rings is 1. The minimum atomic E-state index is -0.214. The van der Waals surface area contributed by atoms with E-state index >= 15 is 0 Å². The zero-order valence-electron chi connectivity index (χ0n) is 17.6. The van der Waals surface area contributed by atoms with Crippen molar-refractivity contribution in [3.05, 3.63) is 59.5 Å². The van der Waals surface area contributed by atoms with Gasteiger partial charge in [-0.25, -0.2) is 9.37 Å². The van der Waals surface area contributed by atoms with Crippen LogP contribution in [0.25, 0.3) is 0 Å². The molecular weight excluding hydrogens is 393 g/mol. The molecule has 0 spiro atoms. The second kappa shape index (κ2) is 7.93. The topological polar surface area (TPSA) is 63.5 Å². The highest BCUT2D eigenvalue weighted by Gasteiger charge is 2.46. The van der Waals surface area contributed by atoms with Crippen molar-refractivity contribution < 1.29 is 9.18 Å². The zero-order valence-corrected chi connectivity index (χ0v) is 17.6. The van der Waals surface area contributed by atoms with Crippen LogP contribution in [0.15, 0.2) is 42.6 Å². The Morgan fingerprint density at radius 3 is 2.58 bits per heavy atom. The van der Waals surface area contributed by atoms with Crippen LogP contribution in [-0.2, 0) is 4.79 Å². The van der Waals surface area contributed by atoms with Gasteiger partial charge in [0.05, 0.1) is 18.2 Å². The first-order valence-corrected chi connectivity index (χ1v) is 10.9. The van der Waals surface area contributed by atoms with Crippen LogP contribution >= 0.6 is 0 Å². The lowest BCUT2D eigenvalue weighted by atomic mass is 9.91. The number of carbonyl (C=O) groups excluding carboxylic acids is 1. The molecule has 3 aliphatic heterocycles. The molecule has 7 heteroatoms. The molecule has 3 saturated heterocycles. The summed E-state index contributed by atoms with van der Waals surface area (Å²) in [6.07, 6.45) is 2.67. The molecule has 3 atom stereocenters. The van der Waals surface area contributed by atoms with Crippen molar-refractivity contribution in [1.82, 2.24) is 14.8 Å². The third kappa shape index (κ3) is 3.77. The summed E-state index contributed by atoms with van der Waals surface area (Å²) in [4.78, 5) is 24.1. The van der Waals surface area contributed by atoms with E-state index in [-0.39, 0.29) is 23.8 Å². The van der Waals surface area contributed by atoms with Crippen LogP contribution in [0.5, 0.6) is 0 Å². The van der Waals surface area contributed by atoms with Crippen LogP contribution in [0.2, 0.25) is 0 Å². The van der Waals surface area contributed by atoms with E-state index in [1.807, 2.05) is 29.2 Å². The second-order valence-corrected chi connectivity index (χ2v) is 9.10. The molecule has 4 heterocycles. The number of aromatic nitrogens is 1. The minimum Gasteiger partial charge on any atom is -0.347 e. The smallest absolute Gasteiger partial charge is 0.236 e. The molecule has 5 rings (SSSR count). The number of carbonyl (C=O) groups is 1. The average molecular weight is 420 g/mol. The molecule has 6 nitrogen and oxygen atoms in total. The summed E-state index contributed by atoms with van der Waals surface area (Å²) in [6, 6.07) is 13.1. The number of rotatable bonds is 4. The summed E-state index contributed by atoms with van der Waals surface area (Å²) in [6.45, 7) is 5.81. The van der Waals surface area contributed by atoms with Gasteiger partial charge in [0.2, 0.25) is 5.91 Å². The summed E-state index contributed by atoms with van der Waals surface area (Å²) in [5, 5.41) is 9.02. The minimum absolute atomic E-state index is 0.189. The number of fused-ring (bicyclic) bond motifs is 2. The van der Waals surface area contributed by atoms with E-state index in [1.165, 1.54) is 12.1 Å². The summed E-state index contributed by atoms with van der Waals surface area (Å²) in [5.41, 5.74) is 1.70. The number of nitrogens with zero attached hydrogens (tertiary/aromatic N) is 5. The van der Waals surface area contributed by atoms with Gasteiger partial charge in [-0.05, 0) is 42.2 Å². The van der Waals surface area contributed by atoms with Crippen LogP contribution in [-0.4, -0.2) is 65.5 Å². The highest BCUT2D eigenvalue weighted by atomic mass is 19.1. The standard InChI is InChI=1S/C24H26FN5O/c1-16-8-21-13-29(14-22(16)30(21)23-7-2-17(9-26)10-27-23)24(31)15-28-11-19(12-28)18-3-5-20(25)6-4-18/h2-7,10,16,19,21-22H,8,11-15H2,1H3/t16-,21?,22?/m0/s1. The SMILES string of the molecule is C[C@H]1CC2CN(C(=O)CN3CC(c4ccc(F)cc4)C3)CC1N2c1ccc(C#N)cn1. The van der Waals surface area contributed by atoms with Crippen molar-refractivity contribution in [2.45, 2.75) is 31.3 Å². The fraction of sp³-hybridized carbons (Fsp3) is 0.458. The molecule has 2 bridgehead atoms. The molecule has 1 aromatic heterocycles. The monoisotopic (exact) mass is 419 g/mol. The molecule has 0 aliphatic carbocycles. The van der Waals surface area contributed by atoms with Gasteiger partial charge >= 0.3 is 0 Å². The summed E-state index contributed by atoms with van der Waals surface area (Å²) in [7, 11) is 0. The van der Waals surface area contributed by atoms with Gasteiger partial charge in [0, 0.05) is 44.3 Å². The van der Waals surface area contributed by atoms with Crippen molar-refractivity contribution in [1.29, 1.82) is 5.26 Å². The van der Waals surface area contributed by atoms with Crippen LogP contribution in [0.4, 0.5) is 10.2 Å². The summed E-state index contributed by atoms with van der Waals surface area (Å²) in [5.74, 6) is 1.75. The Bertz CT molecular complexity index is 996. The Labute approximate surface area is 181 Å². The van der Waals surface area contributed by atoms with Gasteiger partial charge in [-0.15, -0.1) is 0 Å². The fourth-order valence-corrected chi connectivity index (χ4v) is 5.33. The molecule has 31 heavy (non-hydrogen) atoms. The quantitative estimate of drug-likeness (QED) is 0.762. The Balaban J connectivity index is 1.19. The Morgan fingerprint density at radius 1 is 1.16 bits per heavy atom. The maximum atomic E-state index is 13.1. The van der Waals surface area contributed by atoms with Crippen molar-refractivity contribution >= 4 is 11.7 Å². The number of halogens is 1. The van der Waals surface area contributed by atoms with Gasteiger partial charge in [0.25, 0.3) is 0 Å². The Hall–Kier alpha value is -2.98. The number of pyridine rings is 1. The van der Waals surface area contributed by atoms with E-state index in [9.17, 15) is 9.18 Å². The van der Waals surface area contributed by atoms with Crippen molar-refractivity contribution in [2.75, 3.05) is 37.6 Å². The maximum Gasteiger partial charge on any atom is 0.236 e. The van der Waals surface area contributed by atoms with Crippen molar-refractivity contribution in [3.63, 3.8) is 0 Å². The first-order chi connectivity index (χ1) is 15.0. The molecule has 0 saturated carbocycles. The van der Waals surface area contributed by atoms with Crippen molar-refractivity contribution in [3.8, 4) is 6.07 Å². The van der Waals surface area contributed by atoms with Crippen LogP contribution in [0, 0.1) is 23.1 Å². The van der Waals surface area contributed by atoms with Crippen LogP contribution < -0.4 is 4.90 Å². The molecule has 3 fully saturated rings. The van der Waals surface area contributed by atoms with Gasteiger partial charge in [-0.3, -0.25) is 9.69 Å². The van der Waals surface area contributed by atoms with Gasteiger partial charge in [0.1, 0.15) is 17.7 Å². The largest absolute Gasteiger partial charge is 0.347 e. The van der Waals surface area contributed by atoms with E-state index in [2.05, 4.69) is 27.8 Å². The molecule has 2 unspecified atom stereocenters. The van der Waals surface area contributed by atoms with Gasteiger partial charge in [-0.1, -0.05) is 19.1 Å². The third-order valence-electron chi connectivity index (χ3n) is 7.04. The number of hydrogen-bond acceptors (Lipinski definition) is 5. The predicted octanol–water partition coefficient (Wildman–Crippen LogP) is 2.62. The third-order valence-corrected chi connectivity index (χ3v) is 7.04. The van der Waals surface area contributed by atoms with Crippen molar-refractivity contribution in [2.24, 2.45) is 5.92 Å². The Kier molecular flexibility index (Phi) is 5.11. The first-order valence-electron chi connectivity index (χ1n) is 10.9. The van der Waals surface area contributed by atoms with Crippen LogP contribution in [0.3, 0.4) is 0 Å². The molecular formula is C24H26FN5O. The predicted molar refractivity (Wildman–Crippen MR) is 115 cm³/mol. The highest BCUT2D eigenvalue weighted by Crippen LogP contribution is 2.38. The second-order valence-electron chi connectivity index (χ2n) is 9.10. The number of amides is 1. The number of nitriles is 1. The van der Waals surface area contributed by atoms with Crippen LogP contribution in [0.1, 0.15) is 30.4 Å². The molecule has 2 aromatic rings. The van der Waals surface area contributed by atoms with E-state index in [0.717, 1.165) is 37.4 Å².